The predicted molar refractivity (Wildman–Crippen MR) is 43.6 cm³/mol. The fourth-order valence-corrected chi connectivity index (χ4v) is 2.07. The minimum Gasteiger partial charge on any atom is -0.384 e. The molecule has 1 amide bonds. The van der Waals surface area contributed by atoms with Crippen LogP contribution in [-0.4, -0.2) is 47.2 Å². The Labute approximate surface area is 71.5 Å². The highest BCUT2D eigenvalue weighted by atomic mass is 16.3. The molecule has 2 N–H and O–H groups in total. The van der Waals surface area contributed by atoms with Crippen molar-refractivity contribution in [2.45, 2.75) is 31.5 Å². The Kier molecular flexibility index (Phi) is 1.81. The number of nitrogens with one attached hydrogen (secondary N) is 1. The van der Waals surface area contributed by atoms with Gasteiger partial charge in [-0.25, -0.2) is 0 Å². The molecule has 2 heterocycles. The number of carbonyl (C=O) groups is 1. The summed E-state index contributed by atoms with van der Waals surface area (Å²) in [7, 11) is 0. The van der Waals surface area contributed by atoms with E-state index in [4.69, 9.17) is 5.11 Å². The third-order valence-corrected chi connectivity index (χ3v) is 2.70. The van der Waals surface area contributed by atoms with E-state index in [1.807, 2.05) is 0 Å². The lowest BCUT2D eigenvalue weighted by atomic mass is 10.2. The van der Waals surface area contributed by atoms with Gasteiger partial charge in [0.05, 0.1) is 0 Å². The monoisotopic (exact) mass is 170 g/mol. The number of nitrogens with zero attached hydrogens (tertiary/aromatic N) is 1. The quantitative estimate of drug-likeness (QED) is 0.527. The Morgan fingerprint density at radius 3 is 2.92 bits per heavy atom. The molecule has 2 fully saturated rings. The Balaban J connectivity index is 2.02. The number of hydrogen-bond acceptors (Lipinski definition) is 3. The molecular weight excluding hydrogens is 156 g/mol. The van der Waals surface area contributed by atoms with E-state index in [2.05, 4.69) is 5.32 Å². The normalized spacial score (nSPS) is 35.7. The molecule has 0 aromatic rings. The number of piperazine rings is 1. The number of carbonyl (C=O) groups excluding carboxylic acids is 1. The molecule has 4 nitrogen and oxygen atoms in total. The maximum absolute atomic E-state index is 11.4. The Morgan fingerprint density at radius 1 is 1.75 bits per heavy atom. The van der Waals surface area contributed by atoms with Gasteiger partial charge in [0.15, 0.2) is 0 Å². The molecule has 0 aromatic carbocycles. The number of rotatable bonds is 1. The van der Waals surface area contributed by atoms with Crippen LogP contribution in [0.1, 0.15) is 13.3 Å². The number of fused-ring (bicyclic) bond motifs is 2. The van der Waals surface area contributed by atoms with Crippen LogP contribution in [0.25, 0.3) is 0 Å². The summed E-state index contributed by atoms with van der Waals surface area (Å²) in [6.45, 7) is 3.19. The number of amides is 1. The van der Waals surface area contributed by atoms with Crippen molar-refractivity contribution in [3.05, 3.63) is 0 Å². The lowest BCUT2D eigenvalue weighted by Crippen LogP contribution is -2.49. The molecule has 2 bridgehead atoms. The number of aliphatic hydroxyl groups excluding tert-OH is 1. The predicted octanol–water partition coefficient (Wildman–Crippen LogP) is -1.06. The van der Waals surface area contributed by atoms with Gasteiger partial charge in [0.1, 0.15) is 6.10 Å². The third kappa shape index (κ3) is 1.11. The molecule has 4 heteroatoms. The summed E-state index contributed by atoms with van der Waals surface area (Å²) in [5, 5.41) is 12.4. The Hall–Kier alpha value is -0.610. The van der Waals surface area contributed by atoms with Crippen molar-refractivity contribution in [2.75, 3.05) is 13.1 Å². The van der Waals surface area contributed by atoms with Crippen LogP contribution >= 0.6 is 0 Å². The van der Waals surface area contributed by atoms with Crippen LogP contribution in [0.2, 0.25) is 0 Å². The second kappa shape index (κ2) is 2.71. The van der Waals surface area contributed by atoms with Crippen LogP contribution in [0.5, 0.6) is 0 Å². The number of aliphatic hydroxyl groups is 1. The van der Waals surface area contributed by atoms with Gasteiger partial charge in [-0.15, -0.1) is 0 Å². The maximum Gasteiger partial charge on any atom is 0.251 e. The molecule has 68 valence electrons. The minimum absolute atomic E-state index is 0.121. The highest BCUT2D eigenvalue weighted by Crippen LogP contribution is 2.23. The first-order chi connectivity index (χ1) is 5.68. The highest BCUT2D eigenvalue weighted by Gasteiger charge is 2.40. The third-order valence-electron chi connectivity index (χ3n) is 2.70. The summed E-state index contributed by atoms with van der Waals surface area (Å²) in [6, 6.07) is 0.801. The largest absolute Gasteiger partial charge is 0.384 e. The second-order valence-corrected chi connectivity index (χ2v) is 3.66. The van der Waals surface area contributed by atoms with Gasteiger partial charge in [0.25, 0.3) is 5.91 Å². The summed E-state index contributed by atoms with van der Waals surface area (Å²) in [6.07, 6.45) is 0.211. The average molecular weight is 170 g/mol. The minimum atomic E-state index is -0.843. The lowest BCUT2D eigenvalue weighted by molar-refractivity contribution is -0.140. The maximum atomic E-state index is 11.4. The molecular formula is C8H14N2O2. The molecule has 0 spiro atoms. The van der Waals surface area contributed by atoms with Gasteiger partial charge in [-0.3, -0.25) is 4.79 Å². The summed E-state index contributed by atoms with van der Waals surface area (Å²) in [4.78, 5) is 13.2. The van der Waals surface area contributed by atoms with Crippen molar-refractivity contribution in [3.8, 4) is 0 Å². The van der Waals surface area contributed by atoms with Gasteiger partial charge in [0, 0.05) is 25.2 Å². The molecule has 2 saturated heterocycles. The van der Waals surface area contributed by atoms with Gasteiger partial charge in [0.2, 0.25) is 0 Å². The van der Waals surface area contributed by atoms with E-state index in [0.29, 0.717) is 12.1 Å². The smallest absolute Gasteiger partial charge is 0.251 e. The van der Waals surface area contributed by atoms with E-state index < -0.39 is 6.10 Å². The first-order valence-corrected chi connectivity index (χ1v) is 4.40. The van der Waals surface area contributed by atoms with Gasteiger partial charge >= 0.3 is 0 Å². The second-order valence-electron chi connectivity index (χ2n) is 3.66. The summed E-state index contributed by atoms with van der Waals surface area (Å²) >= 11 is 0. The first kappa shape index (κ1) is 8.01. The van der Waals surface area contributed by atoms with Crippen molar-refractivity contribution in [2.24, 2.45) is 0 Å². The van der Waals surface area contributed by atoms with E-state index in [-0.39, 0.29) is 5.91 Å². The molecule has 0 radical (unpaired) electrons. The Bertz CT molecular complexity index is 205. The first-order valence-electron chi connectivity index (χ1n) is 4.40. The van der Waals surface area contributed by atoms with Gasteiger partial charge in [-0.2, -0.15) is 0 Å². The van der Waals surface area contributed by atoms with Crippen LogP contribution in [0.4, 0.5) is 0 Å². The standard InChI is InChI=1S/C8H14N2O2/c1-5(11)8(12)10-4-6-2-7(10)3-9-6/h5-7,9,11H,2-4H2,1H3. The van der Waals surface area contributed by atoms with Crippen molar-refractivity contribution in [3.63, 3.8) is 0 Å². The summed E-state index contributed by atoms with van der Waals surface area (Å²) in [5.41, 5.74) is 0. The van der Waals surface area contributed by atoms with Crippen LogP contribution in [0, 0.1) is 0 Å². The topological polar surface area (TPSA) is 52.6 Å². The number of hydrogen-bond donors (Lipinski definition) is 2. The molecule has 3 atom stereocenters. The van der Waals surface area contributed by atoms with Crippen LogP contribution in [0.15, 0.2) is 0 Å². The van der Waals surface area contributed by atoms with Crippen LogP contribution in [0.3, 0.4) is 0 Å². The van der Waals surface area contributed by atoms with Gasteiger partial charge in [-0.05, 0) is 13.3 Å². The van der Waals surface area contributed by atoms with Crippen molar-refractivity contribution < 1.29 is 9.90 Å². The number of likely N-dealkylation sites (tertiary alicyclic amines) is 1. The van der Waals surface area contributed by atoms with Crippen LogP contribution < -0.4 is 5.32 Å². The lowest BCUT2D eigenvalue weighted by Gasteiger charge is -2.28. The van der Waals surface area contributed by atoms with Gasteiger partial charge < -0.3 is 15.3 Å². The van der Waals surface area contributed by atoms with E-state index in [1.165, 1.54) is 6.92 Å². The zero-order valence-corrected chi connectivity index (χ0v) is 7.16. The van der Waals surface area contributed by atoms with Gasteiger partial charge in [-0.1, -0.05) is 0 Å². The summed E-state index contributed by atoms with van der Waals surface area (Å²) in [5.74, 6) is -0.121. The molecule has 2 aliphatic rings. The van der Waals surface area contributed by atoms with E-state index in [1.54, 1.807) is 4.90 Å². The molecule has 0 aliphatic carbocycles. The van der Waals surface area contributed by atoms with Crippen LogP contribution in [-0.2, 0) is 4.79 Å². The van der Waals surface area contributed by atoms with E-state index in [0.717, 1.165) is 19.5 Å². The molecule has 2 rings (SSSR count). The fourth-order valence-electron chi connectivity index (χ4n) is 2.07. The zero-order chi connectivity index (χ0) is 8.72. The Morgan fingerprint density at radius 2 is 2.50 bits per heavy atom. The van der Waals surface area contributed by atoms with Crippen molar-refractivity contribution in [1.82, 2.24) is 10.2 Å². The van der Waals surface area contributed by atoms with Crippen molar-refractivity contribution in [1.29, 1.82) is 0 Å². The fraction of sp³-hybridized carbons (Fsp3) is 0.875. The highest BCUT2D eigenvalue weighted by molar-refractivity contribution is 5.81. The molecule has 2 aliphatic heterocycles. The van der Waals surface area contributed by atoms with Crippen molar-refractivity contribution >= 4 is 5.91 Å². The average Bonchev–Trinajstić information content (AvgIpc) is 2.62. The molecule has 3 unspecified atom stereocenters. The molecule has 0 saturated carbocycles. The summed E-state index contributed by atoms with van der Waals surface area (Å²) < 4.78 is 0. The van der Waals surface area contributed by atoms with E-state index in [9.17, 15) is 4.79 Å². The molecule has 12 heavy (non-hydrogen) atoms. The SMILES string of the molecule is CC(O)C(=O)N1CC2CC1CN2. The molecule has 0 aromatic heterocycles. The van der Waals surface area contributed by atoms with E-state index >= 15 is 0 Å². The zero-order valence-electron chi connectivity index (χ0n) is 7.16.